The Balaban J connectivity index is 1.78. The van der Waals surface area contributed by atoms with Gasteiger partial charge in [-0.15, -0.1) is 0 Å². The first-order valence-electron chi connectivity index (χ1n) is 7.75. The highest BCUT2D eigenvalue weighted by molar-refractivity contribution is 8.13. The molecular weight excluding hydrogens is 314 g/mol. The Bertz CT molecular complexity index is 596. The molecule has 2 saturated heterocycles. The molecule has 1 atom stereocenters. The summed E-state index contributed by atoms with van der Waals surface area (Å²) in [5, 5.41) is 3.34. The van der Waals surface area contributed by atoms with E-state index in [0.717, 1.165) is 23.6 Å². The highest BCUT2D eigenvalue weighted by Crippen LogP contribution is 2.30. The highest BCUT2D eigenvalue weighted by Gasteiger charge is 2.32. The lowest BCUT2D eigenvalue weighted by Gasteiger charge is -2.37. The molecule has 2 heterocycles. The molecule has 2 fully saturated rings. The molecule has 0 spiro atoms. The monoisotopic (exact) mass is 335 g/mol. The summed E-state index contributed by atoms with van der Waals surface area (Å²) in [4.78, 5) is 28.0. The zero-order valence-corrected chi connectivity index (χ0v) is 14.0. The molecular formula is C16H21N3O3S. The summed E-state index contributed by atoms with van der Waals surface area (Å²) in [6.45, 7) is 2.91. The van der Waals surface area contributed by atoms with E-state index >= 15 is 0 Å². The first-order valence-corrected chi connectivity index (χ1v) is 8.74. The fraction of sp³-hybridized carbons (Fsp3) is 0.500. The van der Waals surface area contributed by atoms with Crippen molar-refractivity contribution < 1.29 is 14.3 Å². The van der Waals surface area contributed by atoms with E-state index in [9.17, 15) is 9.59 Å². The number of carbonyl (C=O) groups excluding carboxylic acids is 2. The zero-order chi connectivity index (χ0) is 16.2. The number of hydrogen-bond donors (Lipinski definition) is 1. The molecule has 1 aromatic rings. The van der Waals surface area contributed by atoms with E-state index in [1.165, 1.54) is 11.8 Å². The number of hydrogen-bond acceptors (Lipinski definition) is 5. The van der Waals surface area contributed by atoms with E-state index in [2.05, 4.69) is 5.32 Å². The van der Waals surface area contributed by atoms with Crippen LogP contribution in [0.15, 0.2) is 24.3 Å². The summed E-state index contributed by atoms with van der Waals surface area (Å²) in [7, 11) is 1.64. The summed E-state index contributed by atoms with van der Waals surface area (Å²) in [5.41, 5.74) is 0.998. The van der Waals surface area contributed by atoms with Crippen LogP contribution in [0.1, 0.15) is 11.6 Å². The number of para-hydroxylation sites is 1. The largest absolute Gasteiger partial charge is 0.496 e. The Morgan fingerprint density at radius 2 is 2.22 bits per heavy atom. The van der Waals surface area contributed by atoms with Gasteiger partial charge in [0.1, 0.15) is 12.3 Å². The Labute approximate surface area is 140 Å². The van der Waals surface area contributed by atoms with Gasteiger partial charge in [0, 0.05) is 37.5 Å². The van der Waals surface area contributed by atoms with E-state index < -0.39 is 0 Å². The maximum atomic E-state index is 12.7. The normalized spacial score (nSPS) is 21.6. The number of nitrogens with zero attached hydrogens (tertiary/aromatic N) is 2. The lowest BCUT2D eigenvalue weighted by atomic mass is 10.0. The van der Waals surface area contributed by atoms with Crippen molar-refractivity contribution in [3.8, 4) is 5.75 Å². The number of amides is 2. The lowest BCUT2D eigenvalue weighted by Crippen LogP contribution is -2.51. The Morgan fingerprint density at radius 3 is 2.96 bits per heavy atom. The lowest BCUT2D eigenvalue weighted by molar-refractivity contribution is -0.135. The van der Waals surface area contributed by atoms with Gasteiger partial charge in [0.15, 0.2) is 0 Å². The average Bonchev–Trinajstić information content (AvgIpc) is 2.99. The molecule has 6 nitrogen and oxygen atoms in total. The third-order valence-electron chi connectivity index (χ3n) is 4.23. The van der Waals surface area contributed by atoms with Crippen LogP contribution in [0, 0.1) is 0 Å². The Kier molecular flexibility index (Phi) is 5.07. The van der Waals surface area contributed by atoms with Gasteiger partial charge < -0.3 is 19.9 Å². The summed E-state index contributed by atoms with van der Waals surface area (Å²) in [5.74, 6) is 1.55. The number of ether oxygens (including phenoxy) is 1. The second kappa shape index (κ2) is 7.23. The fourth-order valence-electron chi connectivity index (χ4n) is 3.05. The second-order valence-electron chi connectivity index (χ2n) is 5.58. The molecule has 0 aliphatic carbocycles. The smallest absolute Gasteiger partial charge is 0.282 e. The predicted molar refractivity (Wildman–Crippen MR) is 89.7 cm³/mol. The molecule has 2 aliphatic rings. The quantitative estimate of drug-likeness (QED) is 0.900. The van der Waals surface area contributed by atoms with E-state index in [1.54, 1.807) is 12.0 Å². The summed E-state index contributed by atoms with van der Waals surface area (Å²) in [6.07, 6.45) is 0. The van der Waals surface area contributed by atoms with Gasteiger partial charge in [0.25, 0.3) is 5.24 Å². The van der Waals surface area contributed by atoms with Crippen LogP contribution in [-0.4, -0.2) is 66.5 Å². The molecule has 0 radical (unpaired) electrons. The second-order valence-corrected chi connectivity index (χ2v) is 6.63. The molecule has 1 N–H and O–H groups in total. The van der Waals surface area contributed by atoms with E-state index in [1.807, 2.05) is 29.2 Å². The first-order chi connectivity index (χ1) is 11.2. The topological polar surface area (TPSA) is 61.9 Å². The number of carbonyl (C=O) groups is 2. The van der Waals surface area contributed by atoms with Crippen molar-refractivity contribution in [1.82, 2.24) is 15.1 Å². The molecule has 124 valence electrons. The standard InChI is InChI=1S/C16H21N3O3S/c1-22-14-5-3-2-4-12(14)13-10-17-6-7-19(13)15(20)11-18-8-9-23-16(18)21/h2-5,13,17H,6-11H2,1H3. The van der Waals surface area contributed by atoms with Gasteiger partial charge in [-0.25, -0.2) is 0 Å². The minimum atomic E-state index is -0.0715. The average molecular weight is 335 g/mol. The number of piperazine rings is 1. The molecule has 0 saturated carbocycles. The molecule has 7 heteroatoms. The maximum Gasteiger partial charge on any atom is 0.282 e. The van der Waals surface area contributed by atoms with Crippen LogP contribution in [0.25, 0.3) is 0 Å². The predicted octanol–water partition coefficient (Wildman–Crippen LogP) is 1.34. The van der Waals surface area contributed by atoms with E-state index in [0.29, 0.717) is 19.6 Å². The SMILES string of the molecule is COc1ccccc1C1CNCCN1C(=O)CN1CCSC1=O. The summed E-state index contributed by atoms with van der Waals surface area (Å²) < 4.78 is 5.44. The van der Waals surface area contributed by atoms with Gasteiger partial charge in [-0.2, -0.15) is 0 Å². The maximum absolute atomic E-state index is 12.7. The van der Waals surface area contributed by atoms with Gasteiger partial charge >= 0.3 is 0 Å². The summed E-state index contributed by atoms with van der Waals surface area (Å²) in [6, 6.07) is 7.71. The molecule has 2 aliphatic heterocycles. The number of rotatable bonds is 4. The molecule has 3 rings (SSSR count). The van der Waals surface area contributed by atoms with Crippen LogP contribution in [0.2, 0.25) is 0 Å². The van der Waals surface area contributed by atoms with Crippen LogP contribution in [0.4, 0.5) is 4.79 Å². The van der Waals surface area contributed by atoms with Crippen molar-refractivity contribution in [2.75, 3.05) is 45.6 Å². The van der Waals surface area contributed by atoms with Crippen molar-refractivity contribution in [3.05, 3.63) is 29.8 Å². The van der Waals surface area contributed by atoms with Crippen LogP contribution < -0.4 is 10.1 Å². The number of methoxy groups -OCH3 is 1. The third kappa shape index (κ3) is 3.45. The number of nitrogens with one attached hydrogen (secondary N) is 1. The van der Waals surface area contributed by atoms with Crippen molar-refractivity contribution in [1.29, 1.82) is 0 Å². The molecule has 1 aromatic carbocycles. The Morgan fingerprint density at radius 1 is 1.39 bits per heavy atom. The van der Waals surface area contributed by atoms with Gasteiger partial charge in [0.05, 0.1) is 13.2 Å². The fourth-order valence-corrected chi connectivity index (χ4v) is 3.87. The molecule has 23 heavy (non-hydrogen) atoms. The van der Waals surface area contributed by atoms with Crippen LogP contribution in [0.3, 0.4) is 0 Å². The van der Waals surface area contributed by atoms with Gasteiger partial charge in [-0.1, -0.05) is 30.0 Å². The third-order valence-corrected chi connectivity index (χ3v) is 5.12. The van der Waals surface area contributed by atoms with Crippen molar-refractivity contribution in [3.63, 3.8) is 0 Å². The molecule has 2 amide bonds. The first kappa shape index (κ1) is 16.1. The molecule has 0 bridgehead atoms. The summed E-state index contributed by atoms with van der Waals surface area (Å²) >= 11 is 1.28. The van der Waals surface area contributed by atoms with Gasteiger partial charge in [0.2, 0.25) is 5.91 Å². The minimum Gasteiger partial charge on any atom is -0.496 e. The molecule has 1 unspecified atom stereocenters. The van der Waals surface area contributed by atoms with Crippen LogP contribution in [-0.2, 0) is 4.79 Å². The van der Waals surface area contributed by atoms with Crippen molar-refractivity contribution in [2.24, 2.45) is 0 Å². The van der Waals surface area contributed by atoms with Gasteiger partial charge in [-0.3, -0.25) is 9.59 Å². The van der Waals surface area contributed by atoms with Crippen LogP contribution in [0.5, 0.6) is 5.75 Å². The Hall–Kier alpha value is -1.73. The van der Waals surface area contributed by atoms with Crippen molar-refractivity contribution >= 4 is 22.9 Å². The van der Waals surface area contributed by atoms with Crippen LogP contribution >= 0.6 is 11.8 Å². The number of thioether (sulfide) groups is 1. The van der Waals surface area contributed by atoms with Gasteiger partial charge in [-0.05, 0) is 6.07 Å². The van der Waals surface area contributed by atoms with E-state index in [-0.39, 0.29) is 23.7 Å². The van der Waals surface area contributed by atoms with E-state index in [4.69, 9.17) is 4.74 Å². The minimum absolute atomic E-state index is 0.00161. The van der Waals surface area contributed by atoms with Crippen molar-refractivity contribution in [2.45, 2.75) is 6.04 Å². The highest BCUT2D eigenvalue weighted by atomic mass is 32.2. The zero-order valence-electron chi connectivity index (χ0n) is 13.2. The molecule has 0 aromatic heterocycles. The number of benzene rings is 1.